The number of anilines is 2. The van der Waals surface area contributed by atoms with Gasteiger partial charge in [-0.2, -0.15) is 8.42 Å². The predicted molar refractivity (Wildman–Crippen MR) is 144 cm³/mol. The lowest BCUT2D eigenvalue weighted by atomic mass is 10.0. The third kappa shape index (κ3) is 6.08. The summed E-state index contributed by atoms with van der Waals surface area (Å²) in [6.45, 7) is 4.70. The van der Waals surface area contributed by atoms with Gasteiger partial charge in [0.05, 0.1) is 17.1 Å². The maximum Gasteiger partial charge on any atom is 0.273 e. The van der Waals surface area contributed by atoms with Crippen LogP contribution < -0.4 is 4.90 Å². The van der Waals surface area contributed by atoms with Gasteiger partial charge in [-0.05, 0) is 68.0 Å². The van der Waals surface area contributed by atoms with Crippen LogP contribution in [0.1, 0.15) is 68.2 Å². The molecule has 0 bridgehead atoms. The Kier molecular flexibility index (Phi) is 8.52. The summed E-state index contributed by atoms with van der Waals surface area (Å²) < 4.78 is 35.9. The Hall–Kier alpha value is -2.35. The molecule has 7 heteroatoms. The van der Waals surface area contributed by atoms with Gasteiger partial charge in [-0.3, -0.25) is 9.54 Å². The number of hydrogen-bond donors (Lipinski definition) is 1. The number of aromatic nitrogens is 1. The van der Waals surface area contributed by atoms with E-state index >= 15 is 0 Å². The molecule has 1 aliphatic rings. The van der Waals surface area contributed by atoms with Crippen LogP contribution in [0.4, 0.5) is 11.4 Å². The quantitative estimate of drug-likeness (QED) is 0.271. The van der Waals surface area contributed by atoms with E-state index in [1.165, 1.54) is 0 Å². The Labute approximate surface area is 213 Å². The van der Waals surface area contributed by atoms with E-state index in [1.54, 1.807) is 11.8 Å². The second kappa shape index (κ2) is 11.6. The van der Waals surface area contributed by atoms with E-state index in [-0.39, 0.29) is 6.42 Å². The first-order valence-corrected chi connectivity index (χ1v) is 14.8. The van der Waals surface area contributed by atoms with Crippen molar-refractivity contribution in [2.45, 2.75) is 73.8 Å². The largest absolute Gasteiger partial charge is 0.340 e. The lowest BCUT2D eigenvalue weighted by Crippen LogP contribution is -2.26. The second-order valence-electron chi connectivity index (χ2n) is 9.04. The van der Waals surface area contributed by atoms with E-state index < -0.39 is 15.4 Å². The van der Waals surface area contributed by atoms with Gasteiger partial charge in [0.2, 0.25) is 0 Å². The van der Waals surface area contributed by atoms with Crippen molar-refractivity contribution in [1.29, 1.82) is 0 Å². The SMILES string of the molecule is CCCCc1ccc(CCCC)c(C(CCN2c3ccccc3Sc3ccccc32)S(=O)(=O)O)n1. The molecule has 186 valence electrons. The van der Waals surface area contributed by atoms with Gasteiger partial charge in [-0.1, -0.05) is 68.8 Å². The zero-order chi connectivity index (χ0) is 24.8. The molecule has 0 saturated carbocycles. The third-order valence-corrected chi connectivity index (χ3v) is 8.78. The van der Waals surface area contributed by atoms with Crippen LogP contribution in [0.15, 0.2) is 70.5 Å². The summed E-state index contributed by atoms with van der Waals surface area (Å²) in [5.41, 5.74) is 4.44. The summed E-state index contributed by atoms with van der Waals surface area (Å²) in [4.78, 5) is 9.27. The third-order valence-electron chi connectivity index (χ3n) is 6.47. The zero-order valence-corrected chi connectivity index (χ0v) is 22.1. The van der Waals surface area contributed by atoms with Crippen molar-refractivity contribution >= 4 is 33.3 Å². The number of rotatable bonds is 11. The molecule has 0 aliphatic carbocycles. The summed E-state index contributed by atoms with van der Waals surface area (Å²) in [5.74, 6) is 0. The molecule has 0 amide bonds. The first-order chi connectivity index (χ1) is 16.9. The van der Waals surface area contributed by atoms with Crippen molar-refractivity contribution in [3.8, 4) is 0 Å². The molecule has 1 aromatic heterocycles. The van der Waals surface area contributed by atoms with Crippen molar-refractivity contribution in [3.63, 3.8) is 0 Å². The second-order valence-corrected chi connectivity index (χ2v) is 11.7. The van der Waals surface area contributed by atoms with E-state index in [1.807, 2.05) is 36.4 Å². The smallest absolute Gasteiger partial charge is 0.273 e. The molecular formula is C28H34N2O3S2. The molecule has 1 aliphatic heterocycles. The van der Waals surface area contributed by atoms with Gasteiger partial charge in [0.1, 0.15) is 5.25 Å². The standard InChI is InChI=1S/C28H34N2O3S2/c1-3-5-11-21-17-18-22(12-6-4-2)29-28(21)27(35(31,32)33)19-20-30-23-13-7-9-15-25(23)34-26-16-10-8-14-24(26)30/h7-10,13-18,27H,3-6,11-12,19-20H2,1-2H3,(H,31,32,33). The summed E-state index contributed by atoms with van der Waals surface area (Å²) in [5, 5.41) is -1.06. The van der Waals surface area contributed by atoms with Crippen LogP contribution in [0.3, 0.4) is 0 Å². The molecule has 3 aromatic rings. The van der Waals surface area contributed by atoms with Crippen molar-refractivity contribution in [2.75, 3.05) is 11.4 Å². The van der Waals surface area contributed by atoms with E-state index in [0.29, 0.717) is 12.2 Å². The van der Waals surface area contributed by atoms with E-state index in [9.17, 15) is 13.0 Å². The number of unbranched alkanes of at least 4 members (excludes halogenated alkanes) is 2. The minimum atomic E-state index is -4.35. The maximum atomic E-state index is 12.7. The van der Waals surface area contributed by atoms with Crippen LogP contribution in [-0.2, 0) is 23.0 Å². The number of nitrogens with zero attached hydrogens (tertiary/aromatic N) is 2. The van der Waals surface area contributed by atoms with E-state index in [2.05, 4.69) is 43.0 Å². The average Bonchev–Trinajstić information content (AvgIpc) is 2.85. The highest BCUT2D eigenvalue weighted by atomic mass is 32.2. The number of benzene rings is 2. The summed E-state index contributed by atoms with van der Waals surface area (Å²) in [6, 6.07) is 20.4. The molecule has 4 rings (SSSR count). The lowest BCUT2D eigenvalue weighted by Gasteiger charge is -2.33. The Morgan fingerprint density at radius 2 is 1.49 bits per heavy atom. The Balaban J connectivity index is 1.69. The maximum absolute atomic E-state index is 12.7. The molecule has 0 fully saturated rings. The summed E-state index contributed by atoms with van der Waals surface area (Å²) in [6.07, 6.45) is 5.80. The topological polar surface area (TPSA) is 70.5 Å². The number of pyridine rings is 1. The zero-order valence-electron chi connectivity index (χ0n) is 20.5. The fourth-order valence-corrected chi connectivity index (χ4v) is 6.58. The van der Waals surface area contributed by atoms with Crippen LogP contribution in [0.2, 0.25) is 0 Å². The summed E-state index contributed by atoms with van der Waals surface area (Å²) >= 11 is 1.72. The van der Waals surface area contributed by atoms with Gasteiger partial charge in [0, 0.05) is 22.0 Å². The normalized spacial score (nSPS) is 13.9. The number of aryl methyl sites for hydroxylation is 2. The molecule has 2 heterocycles. The molecule has 0 spiro atoms. The van der Waals surface area contributed by atoms with Crippen LogP contribution >= 0.6 is 11.8 Å². The fourth-order valence-electron chi connectivity index (χ4n) is 4.60. The van der Waals surface area contributed by atoms with Crippen LogP contribution in [0.5, 0.6) is 0 Å². The highest BCUT2D eigenvalue weighted by Crippen LogP contribution is 2.48. The minimum Gasteiger partial charge on any atom is -0.340 e. The Bertz CT molecular complexity index is 1220. The van der Waals surface area contributed by atoms with Gasteiger partial charge in [-0.15, -0.1) is 0 Å². The van der Waals surface area contributed by atoms with Gasteiger partial charge in [-0.25, -0.2) is 0 Å². The van der Waals surface area contributed by atoms with Crippen LogP contribution in [0.25, 0.3) is 0 Å². The molecule has 1 unspecified atom stereocenters. The Morgan fingerprint density at radius 1 is 0.886 bits per heavy atom. The fraction of sp³-hybridized carbons (Fsp3) is 0.393. The highest BCUT2D eigenvalue weighted by Gasteiger charge is 2.31. The van der Waals surface area contributed by atoms with Crippen LogP contribution in [-0.4, -0.2) is 24.5 Å². The first kappa shape index (κ1) is 25.7. The molecule has 1 N–H and O–H groups in total. The highest BCUT2D eigenvalue weighted by molar-refractivity contribution is 7.99. The van der Waals surface area contributed by atoms with Crippen molar-refractivity contribution in [1.82, 2.24) is 4.98 Å². The molecule has 2 aromatic carbocycles. The van der Waals surface area contributed by atoms with Gasteiger partial charge < -0.3 is 4.90 Å². The lowest BCUT2D eigenvalue weighted by molar-refractivity contribution is 0.462. The van der Waals surface area contributed by atoms with Crippen molar-refractivity contribution in [3.05, 3.63) is 77.6 Å². The monoisotopic (exact) mass is 510 g/mol. The molecule has 1 atom stereocenters. The Morgan fingerprint density at radius 3 is 2.09 bits per heavy atom. The van der Waals surface area contributed by atoms with Crippen molar-refractivity contribution in [2.24, 2.45) is 0 Å². The van der Waals surface area contributed by atoms with E-state index in [4.69, 9.17) is 4.98 Å². The molecule has 0 radical (unpaired) electrons. The molecule has 35 heavy (non-hydrogen) atoms. The molecule has 0 saturated heterocycles. The molecule has 5 nitrogen and oxygen atoms in total. The van der Waals surface area contributed by atoms with Gasteiger partial charge >= 0.3 is 0 Å². The first-order valence-electron chi connectivity index (χ1n) is 12.5. The van der Waals surface area contributed by atoms with Crippen LogP contribution in [0, 0.1) is 0 Å². The van der Waals surface area contributed by atoms with Crippen molar-refractivity contribution < 1.29 is 13.0 Å². The van der Waals surface area contributed by atoms with Gasteiger partial charge in [0.15, 0.2) is 0 Å². The van der Waals surface area contributed by atoms with E-state index in [0.717, 1.165) is 70.9 Å². The number of hydrogen-bond acceptors (Lipinski definition) is 5. The van der Waals surface area contributed by atoms with Gasteiger partial charge in [0.25, 0.3) is 10.1 Å². The molecular weight excluding hydrogens is 476 g/mol. The predicted octanol–water partition coefficient (Wildman–Crippen LogP) is 7.39. The number of fused-ring (bicyclic) bond motifs is 2. The number of para-hydroxylation sites is 2. The minimum absolute atomic E-state index is 0.246. The average molecular weight is 511 g/mol. The summed E-state index contributed by atoms with van der Waals surface area (Å²) in [7, 11) is -4.35.